The van der Waals surface area contributed by atoms with E-state index in [9.17, 15) is 19.8 Å². The van der Waals surface area contributed by atoms with Gasteiger partial charge in [0, 0.05) is 17.1 Å². The number of benzene rings is 2. The van der Waals surface area contributed by atoms with Crippen LogP contribution in [-0.2, 0) is 29.0 Å². The summed E-state index contributed by atoms with van der Waals surface area (Å²) in [6, 6.07) is 15.0. The van der Waals surface area contributed by atoms with Crippen molar-refractivity contribution < 1.29 is 19.8 Å². The fourth-order valence-corrected chi connectivity index (χ4v) is 3.39. The zero-order valence-electron chi connectivity index (χ0n) is 14.6. The molecule has 0 aromatic heterocycles. The van der Waals surface area contributed by atoms with Crippen molar-refractivity contribution in [3.05, 3.63) is 69.7 Å². The minimum Gasteiger partial charge on any atom is -0.380 e. The summed E-state index contributed by atoms with van der Waals surface area (Å²) in [6.45, 7) is 0.190. The summed E-state index contributed by atoms with van der Waals surface area (Å²) in [5.41, 5.74) is 3.15. The highest BCUT2D eigenvalue weighted by atomic mass is 79.9. The maximum atomic E-state index is 12.2. The maximum absolute atomic E-state index is 12.2. The van der Waals surface area contributed by atoms with Gasteiger partial charge in [0.15, 0.2) is 12.2 Å². The van der Waals surface area contributed by atoms with Crippen molar-refractivity contribution >= 4 is 27.7 Å². The van der Waals surface area contributed by atoms with Gasteiger partial charge in [-0.1, -0.05) is 52.3 Å². The van der Waals surface area contributed by atoms with Crippen LogP contribution in [-0.4, -0.2) is 40.3 Å². The molecule has 0 saturated carbocycles. The molecule has 27 heavy (non-hydrogen) atoms. The molecule has 2 amide bonds. The normalized spacial score (nSPS) is 15.7. The number of carbonyl (C=O) groups excluding carboxylic acids is 2. The number of fused-ring (bicyclic) bond motifs is 1. The predicted molar refractivity (Wildman–Crippen MR) is 104 cm³/mol. The van der Waals surface area contributed by atoms with E-state index in [0.29, 0.717) is 12.8 Å². The van der Waals surface area contributed by atoms with E-state index in [1.54, 1.807) is 0 Å². The summed E-state index contributed by atoms with van der Waals surface area (Å²) in [4.78, 5) is 24.2. The number of hydrogen-bond donors (Lipinski definition) is 4. The lowest BCUT2D eigenvalue weighted by Gasteiger charge is -2.19. The second-order valence-electron chi connectivity index (χ2n) is 6.62. The SMILES string of the molecule is O=C(NCc1ccc(Br)cc1)C(O)C(O)C(=O)NC1Cc2ccccc2C1. The van der Waals surface area contributed by atoms with Gasteiger partial charge in [-0.05, 0) is 41.7 Å². The van der Waals surface area contributed by atoms with Crippen LogP contribution in [0.15, 0.2) is 53.0 Å². The van der Waals surface area contributed by atoms with E-state index in [-0.39, 0.29) is 12.6 Å². The van der Waals surface area contributed by atoms with Gasteiger partial charge in [0.1, 0.15) is 0 Å². The lowest BCUT2D eigenvalue weighted by Crippen LogP contribution is -2.51. The monoisotopic (exact) mass is 432 g/mol. The number of halogens is 1. The Kier molecular flexibility index (Phi) is 6.26. The average molecular weight is 433 g/mol. The van der Waals surface area contributed by atoms with Gasteiger partial charge in [-0.3, -0.25) is 9.59 Å². The zero-order chi connectivity index (χ0) is 19.4. The van der Waals surface area contributed by atoms with Crippen molar-refractivity contribution in [3.63, 3.8) is 0 Å². The molecule has 4 N–H and O–H groups in total. The largest absolute Gasteiger partial charge is 0.380 e. The van der Waals surface area contributed by atoms with Gasteiger partial charge < -0.3 is 20.8 Å². The molecule has 1 aliphatic carbocycles. The highest BCUT2D eigenvalue weighted by Gasteiger charge is 2.32. The summed E-state index contributed by atoms with van der Waals surface area (Å²) in [5, 5.41) is 25.3. The van der Waals surface area contributed by atoms with Crippen LogP contribution in [0.1, 0.15) is 16.7 Å². The third-order valence-corrected chi connectivity index (χ3v) is 5.14. The van der Waals surface area contributed by atoms with Gasteiger partial charge in [-0.2, -0.15) is 0 Å². The van der Waals surface area contributed by atoms with Crippen LogP contribution in [0, 0.1) is 0 Å². The van der Waals surface area contributed by atoms with Crippen LogP contribution in [0.2, 0.25) is 0 Å². The van der Waals surface area contributed by atoms with Gasteiger partial charge in [-0.15, -0.1) is 0 Å². The molecule has 2 unspecified atom stereocenters. The summed E-state index contributed by atoms with van der Waals surface area (Å²) in [6.07, 6.45) is -2.32. The summed E-state index contributed by atoms with van der Waals surface area (Å²) in [5.74, 6) is -1.55. The first kappa shape index (κ1) is 19.5. The van der Waals surface area contributed by atoms with Crippen molar-refractivity contribution in [2.24, 2.45) is 0 Å². The Bertz CT molecular complexity index is 800. The Labute approximate surface area is 165 Å². The molecule has 0 spiro atoms. The quantitative estimate of drug-likeness (QED) is 0.548. The highest BCUT2D eigenvalue weighted by molar-refractivity contribution is 9.10. The molecular formula is C20H21BrN2O4. The summed E-state index contributed by atoms with van der Waals surface area (Å²) in [7, 11) is 0. The lowest BCUT2D eigenvalue weighted by atomic mass is 10.1. The molecule has 1 aliphatic rings. The van der Waals surface area contributed by atoms with E-state index in [4.69, 9.17) is 0 Å². The van der Waals surface area contributed by atoms with Gasteiger partial charge in [0.2, 0.25) is 0 Å². The predicted octanol–water partition coefficient (Wildman–Crippen LogP) is 1.07. The third kappa shape index (κ3) is 4.94. The van der Waals surface area contributed by atoms with E-state index in [1.807, 2.05) is 48.5 Å². The van der Waals surface area contributed by atoms with Crippen LogP contribution >= 0.6 is 15.9 Å². The second-order valence-corrected chi connectivity index (χ2v) is 7.53. The molecule has 2 aromatic carbocycles. The number of aliphatic hydroxyl groups excluding tert-OH is 2. The van der Waals surface area contributed by atoms with Crippen LogP contribution < -0.4 is 10.6 Å². The number of amides is 2. The summed E-state index contributed by atoms with van der Waals surface area (Å²) >= 11 is 3.32. The van der Waals surface area contributed by atoms with Crippen molar-refractivity contribution in [3.8, 4) is 0 Å². The number of hydrogen-bond acceptors (Lipinski definition) is 4. The molecule has 142 valence electrons. The Morgan fingerprint density at radius 3 is 2.11 bits per heavy atom. The molecule has 6 nitrogen and oxygen atoms in total. The van der Waals surface area contributed by atoms with E-state index >= 15 is 0 Å². The minimum atomic E-state index is -1.83. The van der Waals surface area contributed by atoms with Gasteiger partial charge in [0.25, 0.3) is 11.8 Å². The molecule has 2 atom stereocenters. The Morgan fingerprint density at radius 2 is 1.52 bits per heavy atom. The van der Waals surface area contributed by atoms with Crippen molar-refractivity contribution in [2.75, 3.05) is 0 Å². The van der Waals surface area contributed by atoms with E-state index in [1.165, 1.54) is 0 Å². The summed E-state index contributed by atoms with van der Waals surface area (Å²) < 4.78 is 0.916. The van der Waals surface area contributed by atoms with Crippen molar-refractivity contribution in [1.82, 2.24) is 10.6 Å². The molecular weight excluding hydrogens is 412 g/mol. The lowest BCUT2D eigenvalue weighted by molar-refractivity contribution is -0.146. The van der Waals surface area contributed by atoms with Crippen molar-refractivity contribution in [1.29, 1.82) is 0 Å². The zero-order valence-corrected chi connectivity index (χ0v) is 16.1. The van der Waals surface area contributed by atoms with Gasteiger partial charge >= 0.3 is 0 Å². The molecule has 0 saturated heterocycles. The van der Waals surface area contributed by atoms with Crippen molar-refractivity contribution in [2.45, 2.75) is 37.6 Å². The average Bonchev–Trinajstić information content (AvgIpc) is 3.08. The number of nitrogens with one attached hydrogen (secondary N) is 2. The Morgan fingerprint density at radius 1 is 0.963 bits per heavy atom. The molecule has 7 heteroatoms. The van der Waals surface area contributed by atoms with Gasteiger partial charge in [-0.25, -0.2) is 0 Å². The third-order valence-electron chi connectivity index (χ3n) is 4.61. The fraction of sp³-hybridized carbons (Fsp3) is 0.300. The maximum Gasteiger partial charge on any atom is 0.252 e. The topological polar surface area (TPSA) is 98.7 Å². The molecule has 0 heterocycles. The number of rotatable bonds is 6. The van der Waals surface area contributed by atoms with E-state index in [0.717, 1.165) is 21.2 Å². The fourth-order valence-electron chi connectivity index (χ4n) is 3.13. The van der Waals surface area contributed by atoms with Gasteiger partial charge in [0.05, 0.1) is 0 Å². The first-order valence-corrected chi connectivity index (χ1v) is 9.49. The number of carbonyl (C=O) groups is 2. The van der Waals surface area contributed by atoms with Crippen LogP contribution in [0.25, 0.3) is 0 Å². The molecule has 0 bridgehead atoms. The van der Waals surface area contributed by atoms with Crippen LogP contribution in [0.4, 0.5) is 0 Å². The smallest absolute Gasteiger partial charge is 0.252 e. The molecule has 0 aliphatic heterocycles. The van der Waals surface area contributed by atoms with E-state index in [2.05, 4.69) is 26.6 Å². The first-order chi connectivity index (χ1) is 12.9. The molecule has 3 rings (SSSR count). The second kappa shape index (κ2) is 8.65. The standard InChI is InChI=1S/C20H21BrN2O4/c21-15-7-5-12(6-8-15)11-22-19(26)17(24)18(25)20(27)23-16-9-13-3-1-2-4-14(13)10-16/h1-8,16-18,24-25H,9-11H2,(H,22,26)(H,23,27). The Balaban J connectivity index is 1.48. The minimum absolute atomic E-state index is 0.150. The van der Waals surface area contributed by atoms with Crippen LogP contribution in [0.3, 0.4) is 0 Å². The highest BCUT2D eigenvalue weighted by Crippen LogP contribution is 2.21. The molecule has 0 fully saturated rings. The van der Waals surface area contributed by atoms with E-state index < -0.39 is 24.0 Å². The first-order valence-electron chi connectivity index (χ1n) is 8.69. The van der Waals surface area contributed by atoms with Crippen LogP contribution in [0.5, 0.6) is 0 Å². The molecule has 0 radical (unpaired) electrons. The Hall–Kier alpha value is -2.22. The molecule has 2 aromatic rings. The number of aliphatic hydroxyl groups is 2.